The van der Waals surface area contributed by atoms with Crippen molar-refractivity contribution in [1.82, 2.24) is 0 Å². The second-order valence-corrected chi connectivity index (χ2v) is 5.34. The molecule has 0 aromatic heterocycles. The summed E-state index contributed by atoms with van der Waals surface area (Å²) >= 11 is 0. The SMILES string of the molecule is C=C(F)C(=O)Nc1ccc(/C(C)=N/Oc2ccc(C(F)(F)F)cc2)cc1F. The Labute approximate surface area is 150 Å². The van der Waals surface area contributed by atoms with Gasteiger partial charge in [0, 0.05) is 5.56 Å². The van der Waals surface area contributed by atoms with Gasteiger partial charge in [0.1, 0.15) is 5.82 Å². The maximum Gasteiger partial charge on any atom is 0.416 e. The van der Waals surface area contributed by atoms with Crippen LogP contribution in [0.3, 0.4) is 0 Å². The minimum absolute atomic E-state index is 0.0631. The molecule has 0 aliphatic heterocycles. The normalized spacial score (nSPS) is 11.9. The van der Waals surface area contributed by atoms with Crippen molar-refractivity contribution in [2.45, 2.75) is 13.1 Å². The number of benzene rings is 2. The fraction of sp³-hybridized carbons (Fsp3) is 0.111. The van der Waals surface area contributed by atoms with E-state index in [-0.39, 0.29) is 22.7 Å². The van der Waals surface area contributed by atoms with E-state index in [1.807, 2.05) is 5.32 Å². The predicted molar refractivity (Wildman–Crippen MR) is 89.6 cm³/mol. The lowest BCUT2D eigenvalue weighted by atomic mass is 10.1. The summed E-state index contributed by atoms with van der Waals surface area (Å²) in [5.41, 5.74) is -0.566. The van der Waals surface area contributed by atoms with Gasteiger partial charge in [0.05, 0.1) is 17.0 Å². The van der Waals surface area contributed by atoms with Gasteiger partial charge in [-0.05, 0) is 43.3 Å². The number of halogens is 5. The van der Waals surface area contributed by atoms with Crippen molar-refractivity contribution < 1.29 is 31.6 Å². The Morgan fingerprint density at radius 1 is 1.15 bits per heavy atom. The van der Waals surface area contributed by atoms with E-state index in [1.165, 1.54) is 19.1 Å². The van der Waals surface area contributed by atoms with Crippen LogP contribution in [0.5, 0.6) is 5.75 Å². The molecule has 0 aliphatic rings. The van der Waals surface area contributed by atoms with Crippen LogP contribution in [0, 0.1) is 5.82 Å². The fourth-order valence-corrected chi connectivity index (χ4v) is 1.91. The highest BCUT2D eigenvalue weighted by molar-refractivity contribution is 6.02. The van der Waals surface area contributed by atoms with Crippen LogP contribution in [0.25, 0.3) is 0 Å². The number of nitrogens with zero attached hydrogens (tertiary/aromatic N) is 1. The van der Waals surface area contributed by atoms with Gasteiger partial charge >= 0.3 is 6.18 Å². The molecule has 0 atom stereocenters. The number of nitrogens with one attached hydrogen (secondary N) is 1. The molecule has 0 unspecified atom stereocenters. The topological polar surface area (TPSA) is 50.7 Å². The Hall–Kier alpha value is -3.23. The van der Waals surface area contributed by atoms with E-state index in [0.717, 1.165) is 30.3 Å². The lowest BCUT2D eigenvalue weighted by molar-refractivity contribution is -0.137. The van der Waals surface area contributed by atoms with Crippen molar-refractivity contribution >= 4 is 17.3 Å². The Balaban J connectivity index is 2.10. The number of carbonyl (C=O) groups is 1. The number of hydrogen-bond donors (Lipinski definition) is 1. The van der Waals surface area contributed by atoms with Crippen molar-refractivity contribution in [3.8, 4) is 5.75 Å². The fourth-order valence-electron chi connectivity index (χ4n) is 1.91. The Bertz CT molecular complexity index is 890. The molecule has 2 aromatic rings. The summed E-state index contributed by atoms with van der Waals surface area (Å²) < 4.78 is 64.1. The van der Waals surface area contributed by atoms with Gasteiger partial charge in [0.2, 0.25) is 0 Å². The maximum atomic E-state index is 14.0. The third-order valence-electron chi connectivity index (χ3n) is 3.35. The second kappa shape index (κ2) is 7.98. The Kier molecular flexibility index (Phi) is 5.94. The van der Waals surface area contributed by atoms with Crippen molar-refractivity contribution in [2.24, 2.45) is 5.16 Å². The van der Waals surface area contributed by atoms with Crippen LogP contribution in [0.4, 0.5) is 27.6 Å². The minimum atomic E-state index is -4.46. The smallest absolute Gasteiger partial charge is 0.357 e. The van der Waals surface area contributed by atoms with Crippen LogP contribution < -0.4 is 10.2 Å². The van der Waals surface area contributed by atoms with E-state index in [0.29, 0.717) is 0 Å². The molecule has 0 saturated carbocycles. The van der Waals surface area contributed by atoms with Crippen LogP contribution in [-0.4, -0.2) is 11.6 Å². The van der Waals surface area contributed by atoms with Gasteiger partial charge in [0.15, 0.2) is 11.6 Å². The standard InChI is InChI=1S/C18H13F5N2O2/c1-10(19)17(26)24-16-8-3-12(9-15(16)20)11(2)25-27-14-6-4-13(5-7-14)18(21,22)23/h3-9H,1H2,2H3,(H,24,26)/b25-11+. The molecule has 142 valence electrons. The zero-order valence-corrected chi connectivity index (χ0v) is 13.9. The van der Waals surface area contributed by atoms with Gasteiger partial charge in [-0.3, -0.25) is 4.79 Å². The van der Waals surface area contributed by atoms with Gasteiger partial charge in [-0.1, -0.05) is 17.8 Å². The van der Waals surface area contributed by atoms with Gasteiger partial charge in [-0.2, -0.15) is 13.2 Å². The number of rotatable bonds is 5. The molecule has 2 rings (SSSR count). The van der Waals surface area contributed by atoms with Crippen LogP contribution in [0.1, 0.15) is 18.1 Å². The third kappa shape index (κ3) is 5.37. The third-order valence-corrected chi connectivity index (χ3v) is 3.35. The van der Waals surface area contributed by atoms with E-state index in [4.69, 9.17) is 4.84 Å². The first-order chi connectivity index (χ1) is 12.6. The molecule has 0 aliphatic carbocycles. The van der Waals surface area contributed by atoms with Crippen molar-refractivity contribution in [3.05, 3.63) is 71.8 Å². The molecule has 0 saturated heterocycles. The number of alkyl halides is 3. The van der Waals surface area contributed by atoms with Crippen LogP contribution in [0.15, 0.2) is 60.0 Å². The quantitative estimate of drug-likeness (QED) is 0.339. The molecule has 2 aromatic carbocycles. The molecule has 0 heterocycles. The Morgan fingerprint density at radius 2 is 1.78 bits per heavy atom. The molecule has 0 bridgehead atoms. The molecular formula is C18H13F5N2O2. The van der Waals surface area contributed by atoms with Gasteiger partial charge in [-0.25, -0.2) is 8.78 Å². The molecule has 1 amide bonds. The van der Waals surface area contributed by atoms with Crippen molar-refractivity contribution in [1.29, 1.82) is 0 Å². The summed E-state index contributed by atoms with van der Waals surface area (Å²) in [5, 5.41) is 5.72. The molecule has 1 N–H and O–H groups in total. The monoisotopic (exact) mass is 384 g/mol. The van der Waals surface area contributed by atoms with E-state index < -0.39 is 29.3 Å². The molecule has 9 heteroatoms. The summed E-state index contributed by atoms with van der Waals surface area (Å²) in [7, 11) is 0. The van der Waals surface area contributed by atoms with Gasteiger partial charge < -0.3 is 10.2 Å². The van der Waals surface area contributed by atoms with E-state index >= 15 is 0 Å². The highest BCUT2D eigenvalue weighted by atomic mass is 19.4. The molecular weight excluding hydrogens is 371 g/mol. The van der Waals surface area contributed by atoms with E-state index in [9.17, 15) is 26.7 Å². The van der Waals surface area contributed by atoms with E-state index in [2.05, 4.69) is 11.7 Å². The largest absolute Gasteiger partial charge is 0.416 e. The second-order valence-electron chi connectivity index (χ2n) is 5.34. The Morgan fingerprint density at radius 3 is 2.30 bits per heavy atom. The predicted octanol–water partition coefficient (Wildman–Crippen LogP) is 5.07. The summed E-state index contributed by atoms with van der Waals surface area (Å²) in [6.07, 6.45) is -4.46. The average molecular weight is 384 g/mol. The number of oxime groups is 1. The molecule has 0 spiro atoms. The lowest BCUT2D eigenvalue weighted by Crippen LogP contribution is -2.12. The molecule has 0 fully saturated rings. The van der Waals surface area contributed by atoms with Crippen LogP contribution in [0.2, 0.25) is 0 Å². The number of amides is 1. The maximum absolute atomic E-state index is 14.0. The highest BCUT2D eigenvalue weighted by Gasteiger charge is 2.30. The zero-order chi connectivity index (χ0) is 20.2. The van der Waals surface area contributed by atoms with Gasteiger partial charge in [-0.15, -0.1) is 0 Å². The summed E-state index contributed by atoms with van der Waals surface area (Å²) in [6, 6.07) is 7.51. The average Bonchev–Trinajstić information content (AvgIpc) is 2.60. The van der Waals surface area contributed by atoms with Crippen molar-refractivity contribution in [3.63, 3.8) is 0 Å². The first kappa shape index (κ1) is 20.1. The van der Waals surface area contributed by atoms with E-state index in [1.54, 1.807) is 0 Å². The first-order valence-corrected chi connectivity index (χ1v) is 7.42. The summed E-state index contributed by atoms with van der Waals surface area (Å²) in [5.74, 6) is -3.21. The van der Waals surface area contributed by atoms with Crippen molar-refractivity contribution in [2.75, 3.05) is 5.32 Å². The minimum Gasteiger partial charge on any atom is -0.357 e. The first-order valence-electron chi connectivity index (χ1n) is 7.42. The zero-order valence-electron chi connectivity index (χ0n) is 13.9. The molecule has 4 nitrogen and oxygen atoms in total. The molecule has 27 heavy (non-hydrogen) atoms. The van der Waals surface area contributed by atoms with Gasteiger partial charge in [0.25, 0.3) is 5.91 Å². The molecule has 0 radical (unpaired) electrons. The van der Waals surface area contributed by atoms with Crippen LogP contribution >= 0.6 is 0 Å². The number of hydrogen-bond acceptors (Lipinski definition) is 3. The van der Waals surface area contributed by atoms with Crippen LogP contribution in [-0.2, 0) is 11.0 Å². The number of anilines is 1. The number of carbonyl (C=O) groups excluding carboxylic acids is 1. The summed E-state index contributed by atoms with van der Waals surface area (Å²) in [4.78, 5) is 16.2. The highest BCUT2D eigenvalue weighted by Crippen LogP contribution is 2.30. The lowest BCUT2D eigenvalue weighted by Gasteiger charge is -2.08. The summed E-state index contributed by atoms with van der Waals surface area (Å²) in [6.45, 7) is 4.29.